The molecule has 1 aromatic carbocycles. The Labute approximate surface area is 155 Å². The van der Waals surface area contributed by atoms with Gasteiger partial charge in [-0.05, 0) is 24.3 Å². The van der Waals surface area contributed by atoms with Gasteiger partial charge in [0.05, 0.1) is 35.5 Å². The fourth-order valence-electron chi connectivity index (χ4n) is 3.25. The maximum atomic E-state index is 12.7. The molecule has 2 aromatic heterocycles. The number of primary amides is 1. The second kappa shape index (κ2) is 7.13. The molecule has 1 atom stereocenters. The number of rotatable bonds is 3. The Morgan fingerprint density at radius 3 is 2.81 bits per heavy atom. The van der Waals surface area contributed by atoms with Gasteiger partial charge in [-0.2, -0.15) is 0 Å². The molecular formula is C20H18N4O3. The number of carbonyl (C=O) groups excluding carboxylic acids is 2. The zero-order valence-corrected chi connectivity index (χ0v) is 14.5. The van der Waals surface area contributed by atoms with Crippen LogP contribution in [-0.2, 0) is 4.74 Å². The van der Waals surface area contributed by atoms with E-state index in [4.69, 9.17) is 10.5 Å². The second-order valence-corrected chi connectivity index (χ2v) is 6.33. The number of amides is 2. The highest BCUT2D eigenvalue weighted by Crippen LogP contribution is 2.26. The summed E-state index contributed by atoms with van der Waals surface area (Å²) in [6.45, 7) is 1.22. The van der Waals surface area contributed by atoms with Crippen molar-refractivity contribution in [2.75, 3.05) is 19.7 Å². The Kier molecular flexibility index (Phi) is 4.52. The third kappa shape index (κ3) is 3.37. The number of ether oxygens (including phenoxy) is 1. The largest absolute Gasteiger partial charge is 0.368 e. The quantitative estimate of drug-likeness (QED) is 0.768. The lowest BCUT2D eigenvalue weighted by Gasteiger charge is -2.33. The first-order valence-electron chi connectivity index (χ1n) is 8.64. The van der Waals surface area contributed by atoms with Crippen LogP contribution in [0.25, 0.3) is 10.9 Å². The van der Waals surface area contributed by atoms with Crippen LogP contribution in [0.1, 0.15) is 32.5 Å². The van der Waals surface area contributed by atoms with Crippen molar-refractivity contribution in [2.24, 2.45) is 5.73 Å². The van der Waals surface area contributed by atoms with Gasteiger partial charge in [0.2, 0.25) is 5.91 Å². The lowest BCUT2D eigenvalue weighted by Crippen LogP contribution is -2.42. The minimum atomic E-state index is -0.519. The summed E-state index contributed by atoms with van der Waals surface area (Å²) < 4.78 is 5.84. The monoisotopic (exact) mass is 362 g/mol. The van der Waals surface area contributed by atoms with Gasteiger partial charge in [0.1, 0.15) is 6.10 Å². The van der Waals surface area contributed by atoms with E-state index < -0.39 is 12.0 Å². The molecule has 3 aromatic rings. The summed E-state index contributed by atoms with van der Waals surface area (Å²) in [5.41, 5.74) is 7.74. The number of nitrogens with zero attached hydrogens (tertiary/aromatic N) is 3. The minimum absolute atomic E-state index is 0.104. The van der Waals surface area contributed by atoms with Crippen molar-refractivity contribution in [3.05, 3.63) is 71.7 Å². The summed E-state index contributed by atoms with van der Waals surface area (Å²) in [7, 11) is 0. The highest BCUT2D eigenvalue weighted by atomic mass is 16.5. The van der Waals surface area contributed by atoms with Crippen LogP contribution in [0.5, 0.6) is 0 Å². The summed E-state index contributed by atoms with van der Waals surface area (Å²) in [6.07, 6.45) is 2.75. The van der Waals surface area contributed by atoms with Crippen molar-refractivity contribution in [2.45, 2.75) is 6.10 Å². The molecule has 4 rings (SSSR count). The molecule has 2 N–H and O–H groups in total. The van der Waals surface area contributed by atoms with E-state index in [-0.39, 0.29) is 5.91 Å². The van der Waals surface area contributed by atoms with Gasteiger partial charge in [-0.15, -0.1) is 0 Å². The molecule has 1 fully saturated rings. The molecule has 0 radical (unpaired) electrons. The smallest absolute Gasteiger partial charge is 0.255 e. The molecule has 27 heavy (non-hydrogen) atoms. The van der Waals surface area contributed by atoms with Crippen LogP contribution in [0, 0.1) is 0 Å². The van der Waals surface area contributed by atoms with Crippen LogP contribution in [-0.4, -0.2) is 46.4 Å². The first-order chi connectivity index (χ1) is 13.1. The van der Waals surface area contributed by atoms with Crippen LogP contribution in [0.2, 0.25) is 0 Å². The minimum Gasteiger partial charge on any atom is -0.368 e. The first kappa shape index (κ1) is 17.1. The third-order valence-electron chi connectivity index (χ3n) is 4.59. The lowest BCUT2D eigenvalue weighted by molar-refractivity contribution is -0.0246. The first-order valence-corrected chi connectivity index (χ1v) is 8.64. The molecule has 7 heteroatoms. The molecule has 0 bridgehead atoms. The number of para-hydroxylation sites is 1. The molecule has 0 saturated carbocycles. The summed E-state index contributed by atoms with van der Waals surface area (Å²) in [4.78, 5) is 34.9. The van der Waals surface area contributed by atoms with Crippen LogP contribution < -0.4 is 5.73 Å². The Bertz CT molecular complexity index is 1010. The molecule has 7 nitrogen and oxygen atoms in total. The number of pyridine rings is 2. The summed E-state index contributed by atoms with van der Waals surface area (Å²) in [5.74, 6) is -0.624. The molecular weight excluding hydrogens is 344 g/mol. The van der Waals surface area contributed by atoms with Crippen LogP contribution in [0.3, 0.4) is 0 Å². The van der Waals surface area contributed by atoms with E-state index in [2.05, 4.69) is 9.97 Å². The van der Waals surface area contributed by atoms with Crippen LogP contribution in [0.15, 0.2) is 54.9 Å². The molecule has 0 spiro atoms. The van der Waals surface area contributed by atoms with Crippen molar-refractivity contribution in [1.82, 2.24) is 14.9 Å². The molecule has 0 unspecified atom stereocenters. The summed E-state index contributed by atoms with van der Waals surface area (Å²) >= 11 is 0. The molecule has 1 aliphatic heterocycles. The number of carbonyl (C=O) groups is 2. The van der Waals surface area contributed by atoms with E-state index in [1.54, 1.807) is 35.5 Å². The van der Waals surface area contributed by atoms with Crippen LogP contribution in [0.4, 0.5) is 0 Å². The van der Waals surface area contributed by atoms with Gasteiger partial charge in [0, 0.05) is 24.3 Å². The van der Waals surface area contributed by atoms with E-state index in [1.165, 1.54) is 0 Å². The summed E-state index contributed by atoms with van der Waals surface area (Å²) in [5, 5.41) is 0.702. The van der Waals surface area contributed by atoms with Gasteiger partial charge in [-0.25, -0.2) is 4.98 Å². The number of morpholine rings is 1. The molecule has 0 aliphatic carbocycles. The standard InChI is InChI=1S/C20H18N4O3/c21-19(25)15-10-17(23-16-6-2-1-5-14(15)16)18-12-24(8-9-27-18)20(26)13-4-3-7-22-11-13/h1-7,10-11,18H,8-9,12H2,(H2,21,25)/t18-/m1/s1. The van der Waals surface area contributed by atoms with Gasteiger partial charge >= 0.3 is 0 Å². The number of hydrogen-bond acceptors (Lipinski definition) is 5. The van der Waals surface area contributed by atoms with Gasteiger partial charge in [0.15, 0.2) is 0 Å². The van der Waals surface area contributed by atoms with Crippen molar-refractivity contribution in [3.63, 3.8) is 0 Å². The predicted octanol–water partition coefficient (Wildman–Crippen LogP) is 1.94. The Morgan fingerprint density at radius 1 is 1.19 bits per heavy atom. The van der Waals surface area contributed by atoms with Crippen molar-refractivity contribution >= 4 is 22.7 Å². The Morgan fingerprint density at radius 2 is 2.04 bits per heavy atom. The predicted molar refractivity (Wildman–Crippen MR) is 99.1 cm³/mol. The Balaban J connectivity index is 1.65. The van der Waals surface area contributed by atoms with Gasteiger partial charge in [0.25, 0.3) is 5.91 Å². The van der Waals surface area contributed by atoms with E-state index >= 15 is 0 Å². The zero-order chi connectivity index (χ0) is 18.8. The highest BCUT2D eigenvalue weighted by molar-refractivity contribution is 6.05. The van der Waals surface area contributed by atoms with Crippen molar-refractivity contribution < 1.29 is 14.3 Å². The third-order valence-corrected chi connectivity index (χ3v) is 4.59. The Hall–Kier alpha value is -3.32. The van der Waals surface area contributed by atoms with Gasteiger partial charge < -0.3 is 15.4 Å². The van der Waals surface area contributed by atoms with Gasteiger partial charge in [-0.3, -0.25) is 14.6 Å². The normalized spacial score (nSPS) is 17.0. The van der Waals surface area contributed by atoms with E-state index in [9.17, 15) is 9.59 Å². The molecule has 1 saturated heterocycles. The zero-order valence-electron chi connectivity index (χ0n) is 14.5. The van der Waals surface area contributed by atoms with Crippen LogP contribution >= 0.6 is 0 Å². The maximum Gasteiger partial charge on any atom is 0.255 e. The summed E-state index contributed by atoms with van der Waals surface area (Å²) in [6, 6.07) is 12.5. The number of aromatic nitrogens is 2. The molecule has 1 aliphatic rings. The van der Waals surface area contributed by atoms with Crippen molar-refractivity contribution in [1.29, 1.82) is 0 Å². The average molecular weight is 362 g/mol. The number of hydrogen-bond donors (Lipinski definition) is 1. The van der Waals surface area contributed by atoms with E-state index in [1.807, 2.05) is 24.3 Å². The SMILES string of the molecule is NC(=O)c1cc([C@H]2CN(C(=O)c3cccnc3)CCO2)nc2ccccc12. The van der Waals surface area contributed by atoms with Crippen molar-refractivity contribution in [3.8, 4) is 0 Å². The number of fused-ring (bicyclic) bond motifs is 1. The van der Waals surface area contributed by atoms with E-state index in [0.29, 0.717) is 47.4 Å². The highest BCUT2D eigenvalue weighted by Gasteiger charge is 2.28. The van der Waals surface area contributed by atoms with E-state index in [0.717, 1.165) is 0 Å². The maximum absolute atomic E-state index is 12.7. The molecule has 3 heterocycles. The number of nitrogens with two attached hydrogens (primary N) is 1. The fourth-order valence-corrected chi connectivity index (χ4v) is 3.25. The average Bonchev–Trinajstić information content (AvgIpc) is 2.73. The molecule has 2 amide bonds. The lowest BCUT2D eigenvalue weighted by atomic mass is 10.0. The number of benzene rings is 1. The topological polar surface area (TPSA) is 98.4 Å². The van der Waals surface area contributed by atoms with Gasteiger partial charge in [-0.1, -0.05) is 18.2 Å². The molecule has 136 valence electrons. The fraction of sp³-hybridized carbons (Fsp3) is 0.200. The second-order valence-electron chi connectivity index (χ2n) is 6.33.